The van der Waals surface area contributed by atoms with Crippen molar-refractivity contribution < 1.29 is 4.74 Å². The zero-order valence-corrected chi connectivity index (χ0v) is 15.6. The predicted octanol–water partition coefficient (Wildman–Crippen LogP) is 7.55. The molecule has 0 saturated carbocycles. The highest BCUT2D eigenvalue weighted by molar-refractivity contribution is 5.21. The topological polar surface area (TPSA) is 9.23 Å². The van der Waals surface area contributed by atoms with Crippen LogP contribution >= 0.6 is 0 Å². The van der Waals surface area contributed by atoms with E-state index in [-0.39, 0.29) is 0 Å². The molecule has 1 nitrogen and oxygen atoms in total. The van der Waals surface area contributed by atoms with Gasteiger partial charge in [-0.2, -0.15) is 0 Å². The van der Waals surface area contributed by atoms with Crippen LogP contribution in [0.25, 0.3) is 0 Å². The van der Waals surface area contributed by atoms with E-state index >= 15 is 0 Å². The molecule has 1 aromatic carbocycles. The minimum atomic E-state index is 0.399. The Morgan fingerprint density at radius 3 is 1.78 bits per heavy atom. The van der Waals surface area contributed by atoms with Crippen molar-refractivity contribution in [1.82, 2.24) is 0 Å². The van der Waals surface area contributed by atoms with E-state index in [0.717, 1.165) is 5.75 Å². The molecule has 1 atom stereocenters. The number of hydrogen-bond donors (Lipinski definition) is 0. The summed E-state index contributed by atoms with van der Waals surface area (Å²) in [6, 6.07) is 10.3. The molecule has 0 aliphatic heterocycles. The predicted molar refractivity (Wildman–Crippen MR) is 102 cm³/mol. The molecule has 1 aromatic rings. The van der Waals surface area contributed by atoms with Crippen molar-refractivity contribution in [3.63, 3.8) is 0 Å². The quantitative estimate of drug-likeness (QED) is 0.303. The van der Waals surface area contributed by atoms with E-state index in [1.807, 2.05) is 6.07 Å². The number of hydrogen-bond acceptors (Lipinski definition) is 1. The lowest BCUT2D eigenvalue weighted by Crippen LogP contribution is -2.16. The maximum atomic E-state index is 6.14. The van der Waals surface area contributed by atoms with Crippen LogP contribution in [-0.4, -0.2) is 6.10 Å². The van der Waals surface area contributed by atoms with E-state index in [4.69, 9.17) is 4.74 Å². The Bertz CT molecular complexity index is 346. The van der Waals surface area contributed by atoms with Gasteiger partial charge in [0.2, 0.25) is 0 Å². The average molecular weight is 319 g/mol. The van der Waals surface area contributed by atoms with Gasteiger partial charge in [-0.1, -0.05) is 96.3 Å². The van der Waals surface area contributed by atoms with Gasteiger partial charge in [-0.15, -0.1) is 0 Å². The second-order valence-electron chi connectivity index (χ2n) is 6.81. The van der Waals surface area contributed by atoms with Gasteiger partial charge in [-0.05, 0) is 31.4 Å². The summed E-state index contributed by atoms with van der Waals surface area (Å²) in [6.07, 6.45) is 18.0. The Morgan fingerprint density at radius 2 is 1.22 bits per heavy atom. The van der Waals surface area contributed by atoms with E-state index < -0.39 is 0 Å². The largest absolute Gasteiger partial charge is 0.490 e. The summed E-state index contributed by atoms with van der Waals surface area (Å²) in [6.45, 7) is 4.53. The maximum Gasteiger partial charge on any atom is 0.119 e. The smallest absolute Gasteiger partial charge is 0.119 e. The molecule has 0 N–H and O–H groups in total. The first-order valence-electron chi connectivity index (χ1n) is 10.1. The van der Waals surface area contributed by atoms with Gasteiger partial charge in [0, 0.05) is 0 Å². The summed E-state index contributed by atoms with van der Waals surface area (Å²) in [7, 11) is 0. The van der Waals surface area contributed by atoms with Crippen LogP contribution in [0.1, 0.15) is 97.3 Å². The molecule has 0 fully saturated rings. The first-order valence-corrected chi connectivity index (χ1v) is 10.1. The normalized spacial score (nSPS) is 12.3. The fraction of sp³-hybridized carbons (Fsp3) is 0.727. The fourth-order valence-electron chi connectivity index (χ4n) is 3.14. The Morgan fingerprint density at radius 1 is 0.652 bits per heavy atom. The molecule has 0 spiro atoms. The molecular weight excluding hydrogens is 280 g/mol. The van der Waals surface area contributed by atoms with Gasteiger partial charge in [-0.25, -0.2) is 0 Å². The molecule has 0 amide bonds. The maximum absolute atomic E-state index is 6.14. The highest BCUT2D eigenvalue weighted by Crippen LogP contribution is 2.18. The number of rotatable bonds is 15. The second-order valence-corrected chi connectivity index (χ2v) is 6.81. The van der Waals surface area contributed by atoms with Gasteiger partial charge in [0.25, 0.3) is 0 Å². The molecular formula is C22H38O. The highest BCUT2D eigenvalue weighted by Gasteiger charge is 2.09. The SMILES string of the molecule is CCCCCCCCCCCCC(CCC)Oc1ccccc1. The van der Waals surface area contributed by atoms with E-state index in [0.29, 0.717) is 6.10 Å². The van der Waals surface area contributed by atoms with Crippen molar-refractivity contribution in [2.45, 2.75) is 103 Å². The van der Waals surface area contributed by atoms with Crippen LogP contribution in [0.3, 0.4) is 0 Å². The van der Waals surface area contributed by atoms with Crippen LogP contribution < -0.4 is 4.74 Å². The van der Waals surface area contributed by atoms with Gasteiger partial charge in [0.05, 0.1) is 6.10 Å². The lowest BCUT2D eigenvalue weighted by atomic mass is 10.0. The molecule has 0 aromatic heterocycles. The molecule has 0 radical (unpaired) electrons. The first kappa shape index (κ1) is 20.1. The van der Waals surface area contributed by atoms with E-state index in [2.05, 4.69) is 38.1 Å². The molecule has 0 heterocycles. The van der Waals surface area contributed by atoms with Crippen molar-refractivity contribution in [2.75, 3.05) is 0 Å². The van der Waals surface area contributed by atoms with Crippen LogP contribution in [0, 0.1) is 0 Å². The van der Waals surface area contributed by atoms with Crippen molar-refractivity contribution in [1.29, 1.82) is 0 Å². The molecule has 1 heteroatoms. The van der Waals surface area contributed by atoms with Gasteiger partial charge in [-0.3, -0.25) is 0 Å². The number of ether oxygens (including phenoxy) is 1. The van der Waals surface area contributed by atoms with Crippen molar-refractivity contribution >= 4 is 0 Å². The Labute approximate surface area is 144 Å². The van der Waals surface area contributed by atoms with Crippen molar-refractivity contribution in [3.8, 4) is 5.75 Å². The minimum absolute atomic E-state index is 0.399. The Kier molecular flexibility index (Phi) is 12.7. The minimum Gasteiger partial charge on any atom is -0.490 e. The van der Waals surface area contributed by atoms with Gasteiger partial charge >= 0.3 is 0 Å². The zero-order valence-electron chi connectivity index (χ0n) is 15.6. The monoisotopic (exact) mass is 318 g/mol. The van der Waals surface area contributed by atoms with Crippen LogP contribution in [0.2, 0.25) is 0 Å². The third-order valence-corrected chi connectivity index (χ3v) is 4.54. The second kappa shape index (κ2) is 14.6. The summed E-state index contributed by atoms with van der Waals surface area (Å²) < 4.78 is 6.14. The highest BCUT2D eigenvalue weighted by atomic mass is 16.5. The number of benzene rings is 1. The van der Waals surface area contributed by atoms with E-state index in [1.54, 1.807) is 0 Å². The lowest BCUT2D eigenvalue weighted by molar-refractivity contribution is 0.175. The van der Waals surface area contributed by atoms with Gasteiger partial charge < -0.3 is 4.74 Å². The first-order chi connectivity index (χ1) is 11.4. The van der Waals surface area contributed by atoms with Gasteiger partial charge in [0.15, 0.2) is 0 Å². The van der Waals surface area contributed by atoms with Gasteiger partial charge in [0.1, 0.15) is 5.75 Å². The van der Waals surface area contributed by atoms with Crippen LogP contribution in [0.15, 0.2) is 30.3 Å². The standard InChI is InChI=1S/C22H38O/c1-3-5-6-7-8-9-10-11-12-14-18-21(17-4-2)23-22-19-15-13-16-20-22/h13,15-16,19-21H,3-12,14,17-18H2,1-2H3. The zero-order chi connectivity index (χ0) is 16.6. The fourth-order valence-corrected chi connectivity index (χ4v) is 3.14. The third-order valence-electron chi connectivity index (χ3n) is 4.54. The average Bonchev–Trinajstić information content (AvgIpc) is 2.57. The summed E-state index contributed by atoms with van der Waals surface area (Å²) >= 11 is 0. The molecule has 0 bridgehead atoms. The van der Waals surface area contributed by atoms with E-state index in [9.17, 15) is 0 Å². The molecule has 0 aliphatic rings. The molecule has 132 valence electrons. The molecule has 1 rings (SSSR count). The molecule has 23 heavy (non-hydrogen) atoms. The molecule has 0 aliphatic carbocycles. The summed E-state index contributed by atoms with van der Waals surface area (Å²) in [5.41, 5.74) is 0. The summed E-state index contributed by atoms with van der Waals surface area (Å²) in [5, 5.41) is 0. The van der Waals surface area contributed by atoms with Crippen LogP contribution in [0.5, 0.6) is 5.75 Å². The molecule has 1 unspecified atom stereocenters. The number of para-hydroxylation sites is 1. The summed E-state index contributed by atoms with van der Waals surface area (Å²) in [4.78, 5) is 0. The summed E-state index contributed by atoms with van der Waals surface area (Å²) in [5.74, 6) is 1.03. The Balaban J connectivity index is 2.02. The third kappa shape index (κ3) is 11.2. The van der Waals surface area contributed by atoms with E-state index in [1.165, 1.54) is 83.5 Å². The van der Waals surface area contributed by atoms with Crippen LogP contribution in [0.4, 0.5) is 0 Å². The van der Waals surface area contributed by atoms with Crippen molar-refractivity contribution in [2.24, 2.45) is 0 Å². The lowest BCUT2D eigenvalue weighted by Gasteiger charge is -2.18. The van der Waals surface area contributed by atoms with Crippen molar-refractivity contribution in [3.05, 3.63) is 30.3 Å². The Hall–Kier alpha value is -0.980. The van der Waals surface area contributed by atoms with Crippen LogP contribution in [-0.2, 0) is 0 Å². The molecule has 0 saturated heterocycles. The number of unbranched alkanes of at least 4 members (excludes halogenated alkanes) is 9.